The van der Waals surface area contributed by atoms with Crippen molar-refractivity contribution in [1.82, 2.24) is 0 Å². The number of rotatable bonds is 8. The lowest BCUT2D eigenvalue weighted by atomic mass is 10.2. The number of nitrogens with zero attached hydrogens (tertiary/aromatic N) is 1. The quantitative estimate of drug-likeness (QED) is 0.509. The highest BCUT2D eigenvalue weighted by Crippen LogP contribution is 2.22. The number of methoxy groups -OCH3 is 1. The molecule has 0 saturated carbocycles. The van der Waals surface area contributed by atoms with Crippen molar-refractivity contribution in [3.63, 3.8) is 0 Å². The van der Waals surface area contributed by atoms with E-state index in [1.54, 1.807) is 7.11 Å². The second kappa shape index (κ2) is 9.54. The zero-order valence-corrected chi connectivity index (χ0v) is 13.7. The smallest absolute Gasteiger partial charge is 0.193 e. The van der Waals surface area contributed by atoms with E-state index in [4.69, 9.17) is 15.2 Å². The van der Waals surface area contributed by atoms with Crippen molar-refractivity contribution in [1.29, 1.82) is 0 Å². The Hall–Kier alpha value is -2.57. The summed E-state index contributed by atoms with van der Waals surface area (Å²) in [6.45, 7) is 0.805. The van der Waals surface area contributed by atoms with Crippen LogP contribution in [0.3, 0.4) is 0 Å². The number of nitrogens with two attached hydrogens (primary N) is 1. The molecule has 0 saturated heterocycles. The summed E-state index contributed by atoms with van der Waals surface area (Å²) in [6, 6.07) is 17.2. The van der Waals surface area contributed by atoms with Crippen molar-refractivity contribution in [2.24, 2.45) is 10.7 Å². The Labute approximate surface area is 141 Å². The number of aliphatic imine (C=N–C) groups is 1. The highest BCUT2D eigenvalue weighted by molar-refractivity contribution is 5.93. The minimum absolute atomic E-state index is 0.156. The molecule has 0 radical (unpaired) electrons. The summed E-state index contributed by atoms with van der Waals surface area (Å²) in [4.78, 5) is 4.12. The van der Waals surface area contributed by atoms with Gasteiger partial charge in [0.2, 0.25) is 0 Å². The van der Waals surface area contributed by atoms with Crippen LogP contribution in [-0.4, -0.2) is 37.4 Å². The van der Waals surface area contributed by atoms with Crippen LogP contribution in [0.25, 0.3) is 0 Å². The van der Waals surface area contributed by atoms with Crippen LogP contribution in [0.2, 0.25) is 0 Å². The highest BCUT2D eigenvalue weighted by Gasteiger charge is 2.06. The third-order valence-corrected chi connectivity index (χ3v) is 3.26. The van der Waals surface area contributed by atoms with Gasteiger partial charge in [0.15, 0.2) is 5.96 Å². The average Bonchev–Trinajstić information content (AvgIpc) is 2.61. The van der Waals surface area contributed by atoms with Crippen molar-refractivity contribution in [3.8, 4) is 5.75 Å². The lowest BCUT2D eigenvalue weighted by Gasteiger charge is -2.12. The van der Waals surface area contributed by atoms with Crippen molar-refractivity contribution < 1.29 is 14.6 Å². The lowest BCUT2D eigenvalue weighted by molar-refractivity contribution is 0.0331. The number of hydrogen-bond donors (Lipinski definition) is 3. The van der Waals surface area contributed by atoms with E-state index < -0.39 is 6.10 Å². The Morgan fingerprint density at radius 1 is 1.17 bits per heavy atom. The van der Waals surface area contributed by atoms with E-state index >= 15 is 0 Å². The van der Waals surface area contributed by atoms with Gasteiger partial charge in [0.1, 0.15) is 5.75 Å². The van der Waals surface area contributed by atoms with Crippen LogP contribution < -0.4 is 15.8 Å². The minimum Gasteiger partial charge on any atom is -0.495 e. The number of hydrogen-bond acceptors (Lipinski definition) is 4. The first-order chi connectivity index (χ1) is 11.7. The van der Waals surface area contributed by atoms with Crippen molar-refractivity contribution in [2.75, 3.05) is 25.6 Å². The first-order valence-corrected chi connectivity index (χ1v) is 7.68. The number of para-hydroxylation sites is 2. The molecule has 4 N–H and O–H groups in total. The fraction of sp³-hybridized carbons (Fsp3) is 0.278. The maximum Gasteiger partial charge on any atom is 0.193 e. The number of aliphatic hydroxyl groups is 1. The average molecular weight is 329 g/mol. The number of nitrogens with one attached hydrogen (secondary N) is 1. The molecule has 0 aliphatic carbocycles. The van der Waals surface area contributed by atoms with E-state index in [2.05, 4.69) is 10.3 Å². The maximum absolute atomic E-state index is 9.90. The van der Waals surface area contributed by atoms with Gasteiger partial charge in [-0.05, 0) is 17.7 Å². The molecule has 0 aliphatic rings. The summed E-state index contributed by atoms with van der Waals surface area (Å²) in [6.07, 6.45) is -0.716. The molecule has 0 aromatic heterocycles. The number of aliphatic hydroxyl groups excluding tert-OH is 1. The molecular formula is C18H23N3O3. The Bertz CT molecular complexity index is 647. The van der Waals surface area contributed by atoms with Gasteiger partial charge in [-0.15, -0.1) is 0 Å². The molecule has 0 amide bonds. The predicted molar refractivity (Wildman–Crippen MR) is 95.2 cm³/mol. The molecule has 2 rings (SSSR count). The highest BCUT2D eigenvalue weighted by atomic mass is 16.5. The molecule has 128 valence electrons. The van der Waals surface area contributed by atoms with Crippen LogP contribution in [0.4, 0.5) is 5.69 Å². The van der Waals surface area contributed by atoms with Crippen LogP contribution in [0.1, 0.15) is 5.56 Å². The van der Waals surface area contributed by atoms with E-state index in [9.17, 15) is 5.11 Å². The van der Waals surface area contributed by atoms with Crippen LogP contribution in [0.15, 0.2) is 59.6 Å². The van der Waals surface area contributed by atoms with E-state index in [0.717, 1.165) is 11.3 Å². The Kier molecular flexibility index (Phi) is 7.07. The van der Waals surface area contributed by atoms with Gasteiger partial charge in [-0.2, -0.15) is 0 Å². The van der Waals surface area contributed by atoms with Gasteiger partial charge < -0.3 is 25.6 Å². The predicted octanol–water partition coefficient (Wildman–Crippen LogP) is 2.00. The third kappa shape index (κ3) is 5.91. The van der Waals surface area contributed by atoms with E-state index in [1.807, 2.05) is 54.6 Å². The molecule has 6 heteroatoms. The standard InChI is InChI=1S/C18H23N3O3/c1-23-17-10-6-5-9-16(17)21-18(19)20-11-15(22)13-24-12-14-7-3-2-4-8-14/h2-10,15,22H,11-13H2,1H3,(H3,19,20,21). The molecule has 2 aromatic rings. The summed E-state index contributed by atoms with van der Waals surface area (Å²) in [5.74, 6) is 0.879. The zero-order chi connectivity index (χ0) is 17.2. The fourth-order valence-corrected chi connectivity index (χ4v) is 2.07. The Morgan fingerprint density at radius 2 is 1.88 bits per heavy atom. The first kappa shape index (κ1) is 17.8. The molecule has 1 unspecified atom stereocenters. The number of benzene rings is 2. The second-order valence-electron chi connectivity index (χ2n) is 5.21. The van der Waals surface area contributed by atoms with Crippen LogP contribution in [-0.2, 0) is 11.3 Å². The molecule has 0 fully saturated rings. The number of ether oxygens (including phenoxy) is 2. The van der Waals surface area contributed by atoms with Gasteiger partial charge in [0.25, 0.3) is 0 Å². The third-order valence-electron chi connectivity index (χ3n) is 3.26. The molecule has 24 heavy (non-hydrogen) atoms. The largest absolute Gasteiger partial charge is 0.495 e. The summed E-state index contributed by atoms with van der Waals surface area (Å²) < 4.78 is 10.7. The minimum atomic E-state index is -0.716. The molecule has 6 nitrogen and oxygen atoms in total. The molecule has 1 atom stereocenters. The Morgan fingerprint density at radius 3 is 2.62 bits per heavy atom. The van der Waals surface area contributed by atoms with Gasteiger partial charge in [-0.3, -0.25) is 4.99 Å². The van der Waals surface area contributed by atoms with Gasteiger partial charge >= 0.3 is 0 Å². The van der Waals surface area contributed by atoms with Crippen molar-refractivity contribution >= 4 is 11.6 Å². The lowest BCUT2D eigenvalue weighted by Crippen LogP contribution is -2.26. The summed E-state index contributed by atoms with van der Waals surface area (Å²) in [5, 5.41) is 12.9. The van der Waals surface area contributed by atoms with Crippen LogP contribution in [0, 0.1) is 0 Å². The fourth-order valence-electron chi connectivity index (χ4n) is 2.07. The molecule has 2 aromatic carbocycles. The number of guanidine groups is 1. The Balaban J connectivity index is 1.75. The van der Waals surface area contributed by atoms with E-state index in [-0.39, 0.29) is 19.1 Å². The first-order valence-electron chi connectivity index (χ1n) is 7.68. The second-order valence-corrected chi connectivity index (χ2v) is 5.21. The maximum atomic E-state index is 9.90. The van der Waals surface area contributed by atoms with Crippen LogP contribution >= 0.6 is 0 Å². The van der Waals surface area contributed by atoms with E-state index in [1.165, 1.54) is 0 Å². The van der Waals surface area contributed by atoms with Gasteiger partial charge in [-0.1, -0.05) is 42.5 Å². The zero-order valence-electron chi connectivity index (χ0n) is 13.7. The molecule has 0 aliphatic heterocycles. The number of anilines is 1. The van der Waals surface area contributed by atoms with E-state index in [0.29, 0.717) is 12.4 Å². The summed E-state index contributed by atoms with van der Waals surface area (Å²) in [5.41, 5.74) is 7.61. The summed E-state index contributed by atoms with van der Waals surface area (Å²) >= 11 is 0. The molecular weight excluding hydrogens is 306 g/mol. The van der Waals surface area contributed by atoms with Gasteiger partial charge in [0.05, 0.1) is 38.7 Å². The van der Waals surface area contributed by atoms with Crippen molar-refractivity contribution in [2.45, 2.75) is 12.7 Å². The van der Waals surface area contributed by atoms with Gasteiger partial charge in [-0.25, -0.2) is 0 Å². The summed E-state index contributed by atoms with van der Waals surface area (Å²) in [7, 11) is 1.58. The molecule has 0 heterocycles. The van der Waals surface area contributed by atoms with Crippen molar-refractivity contribution in [3.05, 3.63) is 60.2 Å². The topological polar surface area (TPSA) is 89.1 Å². The monoisotopic (exact) mass is 329 g/mol. The molecule has 0 spiro atoms. The SMILES string of the molecule is COc1ccccc1NC(N)=NCC(O)COCc1ccccc1. The van der Waals surface area contributed by atoms with Crippen LogP contribution in [0.5, 0.6) is 5.75 Å². The molecule has 0 bridgehead atoms. The van der Waals surface area contributed by atoms with Gasteiger partial charge in [0, 0.05) is 0 Å². The normalized spacial score (nSPS) is 12.7.